The molecule has 0 amide bonds. The fourth-order valence-electron chi connectivity index (χ4n) is 8.97. The summed E-state index contributed by atoms with van der Waals surface area (Å²) in [5.74, 6) is -7.64. The molecule has 0 aliphatic heterocycles. The quantitative estimate of drug-likeness (QED) is 0.109. The second-order valence-electron chi connectivity index (χ2n) is 33.5. The van der Waals surface area contributed by atoms with Crippen LogP contribution in [0, 0.1) is 0 Å². The summed E-state index contributed by atoms with van der Waals surface area (Å²) < 4.78 is 0. The van der Waals surface area contributed by atoms with Gasteiger partial charge < -0.3 is 75.0 Å². The van der Waals surface area contributed by atoms with Crippen LogP contribution in [0.15, 0.2) is 60.7 Å². The van der Waals surface area contributed by atoms with Crippen molar-refractivity contribution < 1.29 is 93.6 Å². The predicted molar refractivity (Wildman–Crippen MR) is 349 cm³/mol. The summed E-state index contributed by atoms with van der Waals surface area (Å²) in [5.41, 5.74) is 4.37. The second kappa shape index (κ2) is 29.3. The average Bonchev–Trinajstić information content (AvgIpc) is 0.935. The van der Waals surface area contributed by atoms with E-state index in [0.29, 0.717) is 27.8 Å². The van der Waals surface area contributed by atoms with E-state index in [1.807, 2.05) is 238 Å². The fraction of sp³-hybridized carbons (Fsp3) is 0.533. The molecule has 0 spiro atoms. The molecule has 0 saturated heterocycles. The minimum absolute atomic E-state index is 0. The minimum Gasteiger partial charge on any atom is -0.545 e. The van der Waals surface area contributed by atoms with Crippen molar-refractivity contribution in [3.63, 3.8) is 0 Å². The number of carbonyl (C=O) groups excluding carboxylic acids is 5. The molecule has 0 saturated carbocycles. The van der Waals surface area contributed by atoms with E-state index in [0.717, 1.165) is 27.8 Å². The molecule has 500 valence electrons. The number of aromatic carboxylic acids is 5. The summed E-state index contributed by atoms with van der Waals surface area (Å²) >= 11 is 0. The first kappa shape index (κ1) is 84.0. The van der Waals surface area contributed by atoms with Crippen molar-refractivity contribution in [1.82, 2.24) is 0 Å². The van der Waals surface area contributed by atoms with Gasteiger partial charge in [-0.15, -0.1) is 0 Å². The van der Waals surface area contributed by atoms with E-state index in [4.69, 9.17) is 0 Å². The zero-order chi connectivity index (χ0) is 71.5. The molecule has 5 rings (SSSR count). The summed E-state index contributed by atoms with van der Waals surface area (Å²) in [6, 6.07) is 16.9. The third kappa shape index (κ3) is 23.3. The molecule has 0 radical (unpaired) electrons. The Labute approximate surface area is 555 Å². The van der Waals surface area contributed by atoms with Crippen LogP contribution in [0.3, 0.4) is 0 Å². The van der Waals surface area contributed by atoms with Gasteiger partial charge in [-0.3, -0.25) is 0 Å². The van der Waals surface area contributed by atoms with Gasteiger partial charge in [0.2, 0.25) is 0 Å². The van der Waals surface area contributed by atoms with Crippen molar-refractivity contribution >= 4 is 29.8 Å². The summed E-state index contributed by atoms with van der Waals surface area (Å²) in [5, 5.41) is 106. The molecule has 5 N–H and O–H groups in total. The van der Waals surface area contributed by atoms with E-state index in [9.17, 15) is 75.0 Å². The van der Waals surface area contributed by atoms with Crippen molar-refractivity contribution in [2.75, 3.05) is 0 Å². The molecule has 0 aromatic heterocycles. The molecule has 91 heavy (non-hydrogen) atoms. The van der Waals surface area contributed by atoms with Crippen LogP contribution in [0.2, 0.25) is 0 Å². The van der Waals surface area contributed by atoms with Crippen LogP contribution in [0.4, 0.5) is 0 Å². The van der Waals surface area contributed by atoms with Gasteiger partial charge in [-0.05, 0) is 112 Å². The first-order chi connectivity index (χ1) is 39.7. The molecule has 16 heteroatoms. The maximum atomic E-state index is 11.1. The minimum atomic E-state index is -1.34. The van der Waals surface area contributed by atoms with E-state index in [1.54, 1.807) is 0 Å². The van der Waals surface area contributed by atoms with E-state index >= 15 is 0 Å². The van der Waals surface area contributed by atoms with Crippen LogP contribution in [-0.2, 0) is 72.7 Å². The maximum absolute atomic E-state index is 11.1. The Morgan fingerprint density at radius 1 is 0.220 bits per heavy atom. The molecule has 15 nitrogen and oxygen atoms in total. The van der Waals surface area contributed by atoms with Gasteiger partial charge in [0.05, 0.1) is 29.8 Å². The summed E-state index contributed by atoms with van der Waals surface area (Å²) in [6.07, 6.45) is 0. The van der Waals surface area contributed by atoms with Crippen LogP contribution in [0.5, 0.6) is 28.7 Å². The Balaban J connectivity index is 0.00000111. The van der Waals surface area contributed by atoms with Crippen molar-refractivity contribution in [2.45, 2.75) is 262 Å². The van der Waals surface area contributed by atoms with Crippen LogP contribution in [0.1, 0.15) is 315 Å². The van der Waals surface area contributed by atoms with Gasteiger partial charge in [-0.1, -0.05) is 238 Å². The second-order valence-corrected chi connectivity index (χ2v) is 33.5. The number of aromatic hydroxyl groups is 5. The van der Waals surface area contributed by atoms with Crippen LogP contribution in [0.25, 0.3) is 0 Å². The maximum Gasteiger partial charge on any atom is 5.00 e. The number of hydrogen-bond donors (Lipinski definition) is 5. The van der Waals surface area contributed by atoms with Gasteiger partial charge in [-0.25, -0.2) is 0 Å². The number of carboxylic acid groups (broad SMARTS) is 5. The Hall–Kier alpha value is -6.97. The summed E-state index contributed by atoms with van der Waals surface area (Å²) in [4.78, 5) is 55.5. The third-order valence-corrected chi connectivity index (χ3v) is 15.0. The molecule has 0 atom stereocenters. The number of carboxylic acids is 5. The third-order valence-electron chi connectivity index (χ3n) is 15.0. The zero-order valence-electron chi connectivity index (χ0n) is 60.0. The average molecular weight is 1300 g/mol. The molecule has 0 aliphatic carbocycles. The molecule has 0 heterocycles. The molecular formula is C75H105O15V. The normalized spacial score (nSPS) is 12.4. The van der Waals surface area contributed by atoms with Gasteiger partial charge in [0.25, 0.3) is 0 Å². The predicted octanol–water partition coefficient (Wildman–Crippen LogP) is 11.8. The van der Waals surface area contributed by atoms with Crippen molar-refractivity contribution in [3.8, 4) is 28.7 Å². The smallest absolute Gasteiger partial charge is 0.545 e. The largest absolute Gasteiger partial charge is 5.00 e. The molecular weight excluding hydrogens is 1190 g/mol. The molecule has 0 aliphatic rings. The number of hydrogen-bond acceptors (Lipinski definition) is 15. The number of rotatable bonds is 5. The van der Waals surface area contributed by atoms with Gasteiger partial charge in [0.15, 0.2) is 0 Å². The Morgan fingerprint density at radius 2 is 0.319 bits per heavy atom. The van der Waals surface area contributed by atoms with E-state index < -0.39 is 29.8 Å². The number of phenols is 5. The molecule has 5 aromatic carbocycles. The topological polar surface area (TPSA) is 302 Å². The molecule has 0 bridgehead atoms. The molecule has 0 unspecified atom stereocenters. The SMILES string of the molecule is CC(C)(C)c1cc(C(=O)[O-])c(O)c(C(C)(C)C)c1.CC(C)(C)c1cc(C(=O)[O-])c(O)c(C(C)(C)C)c1.CC(C)(C)c1cc(C(=O)[O-])c(O)c(C(C)(C)C)c1.CC(C)(C)c1cc(C(=O)[O-])c(O)c(C(C)(C)C)c1.CC(C)(C)c1cc(C(=O)[O-])c(O)c(C(C)(C)C)c1.[V+5]. The van der Waals surface area contributed by atoms with Crippen LogP contribution in [-0.4, -0.2) is 55.4 Å². The van der Waals surface area contributed by atoms with Gasteiger partial charge in [0.1, 0.15) is 28.7 Å². The molecule has 5 aromatic rings. The first-order valence-electron chi connectivity index (χ1n) is 30.2. The zero-order valence-corrected chi connectivity index (χ0v) is 61.4. The van der Waals surface area contributed by atoms with E-state index in [2.05, 4.69) is 0 Å². The van der Waals surface area contributed by atoms with Crippen molar-refractivity contribution in [3.05, 3.63) is 144 Å². The number of carbonyl (C=O) groups is 5. The van der Waals surface area contributed by atoms with Crippen molar-refractivity contribution in [1.29, 1.82) is 0 Å². The van der Waals surface area contributed by atoms with Gasteiger partial charge in [0, 0.05) is 55.6 Å². The Kier molecular flexibility index (Phi) is 27.1. The number of benzene rings is 5. The van der Waals surface area contributed by atoms with E-state index in [-0.39, 0.29) is 129 Å². The van der Waals surface area contributed by atoms with E-state index in [1.165, 1.54) is 30.3 Å². The van der Waals surface area contributed by atoms with Crippen molar-refractivity contribution in [2.24, 2.45) is 0 Å². The van der Waals surface area contributed by atoms with Gasteiger partial charge >= 0.3 is 18.6 Å². The summed E-state index contributed by atoms with van der Waals surface area (Å²) in [7, 11) is 0. The Bertz CT molecular complexity index is 2910. The Morgan fingerprint density at radius 3 is 0.385 bits per heavy atom. The standard InChI is InChI=1S/5C15H22O3.V/c5*1-14(2,3)9-7-10(13(17)18)12(16)11(8-9)15(4,5)6;/h5*7-8,16H,1-6H3,(H,17,18);/q;;;;;+5/p-5. The van der Waals surface area contributed by atoms with Crippen LogP contribution >= 0.6 is 0 Å². The molecule has 0 fully saturated rings. The summed E-state index contributed by atoms with van der Waals surface area (Å²) in [6.45, 7) is 59.1. The fourth-order valence-corrected chi connectivity index (χ4v) is 8.97. The first-order valence-corrected chi connectivity index (χ1v) is 30.2. The monoisotopic (exact) mass is 1300 g/mol. The van der Waals surface area contributed by atoms with Gasteiger partial charge in [-0.2, -0.15) is 0 Å². The van der Waals surface area contributed by atoms with Crippen LogP contribution < -0.4 is 25.5 Å².